The molecule has 0 unspecified atom stereocenters. The highest BCUT2D eigenvalue weighted by atomic mass is 127. The monoisotopic (exact) mass is 571 g/mol. The van der Waals surface area contributed by atoms with Crippen molar-refractivity contribution in [2.45, 2.75) is 0 Å². The van der Waals surface area contributed by atoms with Gasteiger partial charge in [-0.3, -0.25) is 9.78 Å². The number of hydrogen-bond donors (Lipinski definition) is 2. The van der Waals surface area contributed by atoms with Gasteiger partial charge in [0.2, 0.25) is 0 Å². The van der Waals surface area contributed by atoms with Crippen LogP contribution in [0.5, 0.6) is 5.75 Å². The van der Waals surface area contributed by atoms with E-state index >= 15 is 0 Å². The number of hydrazone groups is 1. The van der Waals surface area contributed by atoms with Gasteiger partial charge in [0, 0.05) is 16.9 Å². The number of rotatable bonds is 3. The molecule has 0 saturated heterocycles. The van der Waals surface area contributed by atoms with Crippen molar-refractivity contribution in [1.82, 2.24) is 10.4 Å². The fraction of sp³-hybridized carbons (Fsp3) is 0. The predicted molar refractivity (Wildman–Crippen MR) is 101 cm³/mol. The molecule has 0 radical (unpaired) electrons. The lowest BCUT2D eigenvalue weighted by atomic mass is 10.2. The summed E-state index contributed by atoms with van der Waals surface area (Å²) in [4.78, 5) is 15.8. The van der Waals surface area contributed by atoms with E-state index in [1.165, 1.54) is 12.4 Å². The zero-order valence-electron chi connectivity index (χ0n) is 10.3. The number of nitrogens with one attached hydrogen (secondary N) is 1. The average Bonchev–Trinajstić information content (AvgIpc) is 2.44. The van der Waals surface area contributed by atoms with Crippen LogP contribution in [-0.2, 0) is 0 Å². The van der Waals surface area contributed by atoms with Crippen LogP contribution in [0.4, 0.5) is 0 Å². The molecular formula is C13H8BrI2N3O2. The van der Waals surface area contributed by atoms with Crippen LogP contribution in [0.15, 0.2) is 40.2 Å². The van der Waals surface area contributed by atoms with E-state index in [1.54, 1.807) is 24.4 Å². The fourth-order valence-corrected chi connectivity index (χ4v) is 3.61. The summed E-state index contributed by atoms with van der Waals surface area (Å²) >= 11 is 7.32. The Morgan fingerprint density at radius 3 is 2.57 bits per heavy atom. The summed E-state index contributed by atoms with van der Waals surface area (Å²) in [6.07, 6.45) is 4.58. The third-order valence-electron chi connectivity index (χ3n) is 2.39. The molecule has 0 aliphatic carbocycles. The smallest absolute Gasteiger partial charge is 0.272 e. The van der Waals surface area contributed by atoms with Crippen LogP contribution in [0.1, 0.15) is 15.9 Å². The number of aromatic hydroxyl groups is 1. The highest BCUT2D eigenvalue weighted by Gasteiger charge is 2.06. The molecule has 1 aromatic heterocycles. The molecule has 0 aliphatic heterocycles. The second-order valence-electron chi connectivity index (χ2n) is 3.92. The Morgan fingerprint density at radius 2 is 1.95 bits per heavy atom. The van der Waals surface area contributed by atoms with Crippen LogP contribution < -0.4 is 5.43 Å². The third kappa shape index (κ3) is 4.61. The molecular weight excluding hydrogens is 564 g/mol. The van der Waals surface area contributed by atoms with Gasteiger partial charge in [-0.1, -0.05) is 0 Å². The molecule has 2 rings (SSSR count). The minimum atomic E-state index is -0.344. The molecule has 1 amide bonds. The van der Waals surface area contributed by atoms with Crippen LogP contribution in [-0.4, -0.2) is 22.2 Å². The van der Waals surface area contributed by atoms with Crippen LogP contribution in [0, 0.1) is 7.14 Å². The Labute approximate surface area is 156 Å². The third-order valence-corrected chi connectivity index (χ3v) is 4.46. The molecule has 0 saturated carbocycles. The highest BCUT2D eigenvalue weighted by Crippen LogP contribution is 2.26. The van der Waals surface area contributed by atoms with E-state index in [2.05, 4.69) is 31.4 Å². The second kappa shape index (κ2) is 7.49. The number of amides is 1. The lowest BCUT2D eigenvalue weighted by molar-refractivity contribution is 0.0954. The molecule has 1 aromatic carbocycles. The normalized spacial score (nSPS) is 10.8. The molecule has 0 fully saturated rings. The molecule has 8 heteroatoms. The van der Waals surface area contributed by atoms with Crippen molar-refractivity contribution in [3.05, 3.63) is 53.3 Å². The summed E-state index contributed by atoms with van der Waals surface area (Å²) < 4.78 is 2.17. The zero-order chi connectivity index (χ0) is 15.4. The van der Waals surface area contributed by atoms with Crippen molar-refractivity contribution in [2.75, 3.05) is 0 Å². The summed E-state index contributed by atoms with van der Waals surface area (Å²) in [5.41, 5.74) is 3.63. The number of hydrogen-bond acceptors (Lipinski definition) is 4. The summed E-state index contributed by atoms with van der Waals surface area (Å²) in [5.74, 6) is -0.0965. The van der Waals surface area contributed by atoms with E-state index in [-0.39, 0.29) is 11.7 Å². The highest BCUT2D eigenvalue weighted by molar-refractivity contribution is 14.1. The van der Waals surface area contributed by atoms with Gasteiger partial charge in [-0.25, -0.2) is 5.43 Å². The minimum Gasteiger partial charge on any atom is -0.506 e. The largest absolute Gasteiger partial charge is 0.506 e. The van der Waals surface area contributed by atoms with Crippen molar-refractivity contribution in [2.24, 2.45) is 5.10 Å². The first-order valence-electron chi connectivity index (χ1n) is 5.59. The van der Waals surface area contributed by atoms with Gasteiger partial charge in [0.1, 0.15) is 5.75 Å². The molecule has 0 spiro atoms. The summed E-state index contributed by atoms with van der Waals surface area (Å²) in [6.45, 7) is 0. The van der Waals surface area contributed by atoms with Crippen molar-refractivity contribution >= 4 is 73.2 Å². The summed E-state index contributed by atoms with van der Waals surface area (Å²) in [7, 11) is 0. The first kappa shape index (κ1) is 16.6. The number of pyridine rings is 1. The lowest BCUT2D eigenvalue weighted by Crippen LogP contribution is -2.17. The van der Waals surface area contributed by atoms with Crippen LogP contribution in [0.2, 0.25) is 0 Å². The van der Waals surface area contributed by atoms with Crippen LogP contribution >= 0.6 is 61.1 Å². The van der Waals surface area contributed by atoms with E-state index in [4.69, 9.17) is 0 Å². The number of phenols is 1. The standard InChI is InChI=1S/C13H8BrI2N3O2/c14-9-3-8(5-17-6-9)13(21)19-18-4-7-1-10(15)12(20)11(16)2-7/h1-6,20H,(H,19,21). The predicted octanol–water partition coefficient (Wildman–Crippen LogP) is 3.52. The maximum Gasteiger partial charge on any atom is 0.272 e. The van der Waals surface area contributed by atoms with Gasteiger partial charge >= 0.3 is 0 Å². The van der Waals surface area contributed by atoms with Gasteiger partial charge in [-0.05, 0) is 84.9 Å². The van der Waals surface area contributed by atoms with Crippen molar-refractivity contribution in [3.63, 3.8) is 0 Å². The van der Waals surface area contributed by atoms with Gasteiger partial charge in [-0.15, -0.1) is 0 Å². The fourth-order valence-electron chi connectivity index (χ4n) is 1.43. The molecule has 21 heavy (non-hydrogen) atoms. The maximum absolute atomic E-state index is 11.8. The van der Waals surface area contributed by atoms with E-state index < -0.39 is 0 Å². The molecule has 1 heterocycles. The minimum absolute atomic E-state index is 0.248. The van der Waals surface area contributed by atoms with E-state index in [9.17, 15) is 9.90 Å². The van der Waals surface area contributed by atoms with Crippen LogP contribution in [0.3, 0.4) is 0 Å². The molecule has 5 nitrogen and oxygen atoms in total. The maximum atomic E-state index is 11.8. The van der Waals surface area contributed by atoms with E-state index in [1.807, 2.05) is 45.2 Å². The number of phenolic OH excluding ortho intramolecular Hbond substituents is 1. The zero-order valence-corrected chi connectivity index (χ0v) is 16.2. The topological polar surface area (TPSA) is 74.6 Å². The number of aromatic nitrogens is 1. The molecule has 2 N–H and O–H groups in total. The van der Waals surface area contributed by atoms with Gasteiger partial charge in [0.15, 0.2) is 0 Å². The number of halogens is 3. The number of nitrogens with zero attached hydrogens (tertiary/aromatic N) is 2. The quantitative estimate of drug-likeness (QED) is 0.336. The Kier molecular flexibility index (Phi) is 5.93. The average molecular weight is 572 g/mol. The van der Waals surface area contributed by atoms with Gasteiger partial charge in [0.25, 0.3) is 5.91 Å². The van der Waals surface area contributed by atoms with Crippen molar-refractivity contribution in [1.29, 1.82) is 0 Å². The molecule has 0 atom stereocenters. The summed E-state index contributed by atoms with van der Waals surface area (Å²) in [5, 5.41) is 13.6. The Morgan fingerprint density at radius 1 is 1.29 bits per heavy atom. The van der Waals surface area contributed by atoms with Crippen molar-refractivity contribution in [3.8, 4) is 5.75 Å². The number of carbonyl (C=O) groups is 1. The number of benzene rings is 1. The first-order chi connectivity index (χ1) is 9.97. The molecule has 108 valence electrons. The SMILES string of the molecule is O=C(NN=Cc1cc(I)c(O)c(I)c1)c1cncc(Br)c1. The molecule has 0 aliphatic rings. The lowest BCUT2D eigenvalue weighted by Gasteiger charge is -2.02. The Hall–Kier alpha value is -0.750. The first-order valence-corrected chi connectivity index (χ1v) is 8.54. The van der Waals surface area contributed by atoms with Gasteiger partial charge in [-0.2, -0.15) is 5.10 Å². The van der Waals surface area contributed by atoms with Crippen molar-refractivity contribution < 1.29 is 9.90 Å². The van der Waals surface area contributed by atoms with Gasteiger partial charge < -0.3 is 5.11 Å². The summed E-state index contributed by atoms with van der Waals surface area (Å²) in [6, 6.07) is 5.20. The Balaban J connectivity index is 2.07. The second-order valence-corrected chi connectivity index (χ2v) is 7.16. The van der Waals surface area contributed by atoms with Gasteiger partial charge in [0.05, 0.1) is 18.9 Å². The Bertz CT molecular complexity index is 699. The number of carbonyl (C=O) groups excluding carboxylic acids is 1. The molecule has 0 bridgehead atoms. The van der Waals surface area contributed by atoms with E-state index in [0.29, 0.717) is 5.56 Å². The van der Waals surface area contributed by atoms with Crippen LogP contribution in [0.25, 0.3) is 0 Å². The molecule has 2 aromatic rings. The van der Waals surface area contributed by atoms with E-state index in [0.717, 1.165) is 17.2 Å².